The Balaban J connectivity index is 1.10. The molecule has 4 nitrogen and oxygen atoms in total. The largest absolute Gasteiger partial charge is 0.456 e. The number of hydrogen-bond acceptors (Lipinski definition) is 1. The van der Waals surface area contributed by atoms with E-state index in [-0.39, 0.29) is 0 Å². The first-order valence-corrected chi connectivity index (χ1v) is 17.8. The average molecular weight is 664 g/mol. The van der Waals surface area contributed by atoms with Gasteiger partial charge in [-0.15, -0.1) is 0 Å². The number of rotatable bonds is 3. The first-order chi connectivity index (χ1) is 25.8. The van der Waals surface area contributed by atoms with Gasteiger partial charge in [0, 0.05) is 60.2 Å². The second-order valence-corrected chi connectivity index (χ2v) is 13.7. The Bertz CT molecular complexity index is 3350. The molecule has 4 heteroatoms. The third kappa shape index (κ3) is 3.65. The smallest absolute Gasteiger partial charge is 0.135 e. The molecular weight excluding hydrogens is 635 g/mol. The first kappa shape index (κ1) is 27.7. The second-order valence-electron chi connectivity index (χ2n) is 13.7. The molecular formula is C48H29N3O. The minimum atomic E-state index is 0.903. The van der Waals surface area contributed by atoms with Gasteiger partial charge in [-0.2, -0.15) is 0 Å². The Kier molecular flexibility index (Phi) is 5.47. The van der Waals surface area contributed by atoms with Gasteiger partial charge in [0.05, 0.1) is 33.1 Å². The van der Waals surface area contributed by atoms with Gasteiger partial charge in [0.25, 0.3) is 0 Å². The van der Waals surface area contributed by atoms with Crippen LogP contribution in [0.4, 0.5) is 0 Å². The fourth-order valence-corrected chi connectivity index (χ4v) is 8.88. The van der Waals surface area contributed by atoms with Crippen LogP contribution in [0.15, 0.2) is 180 Å². The highest BCUT2D eigenvalue weighted by Gasteiger charge is 2.21. The number of para-hydroxylation sites is 5. The summed E-state index contributed by atoms with van der Waals surface area (Å²) < 4.78 is 13.4. The van der Waals surface area contributed by atoms with Gasteiger partial charge in [0.15, 0.2) is 0 Å². The molecule has 8 aromatic carbocycles. The summed E-state index contributed by atoms with van der Waals surface area (Å²) in [5, 5.41) is 9.82. The van der Waals surface area contributed by atoms with E-state index in [9.17, 15) is 0 Å². The fourth-order valence-electron chi connectivity index (χ4n) is 8.88. The minimum absolute atomic E-state index is 0.903. The van der Waals surface area contributed by atoms with Gasteiger partial charge in [-0.05, 0) is 84.9 Å². The highest BCUT2D eigenvalue weighted by Crippen LogP contribution is 2.43. The van der Waals surface area contributed by atoms with Crippen LogP contribution >= 0.6 is 0 Å². The normalized spacial score (nSPS) is 12.2. The van der Waals surface area contributed by atoms with Crippen LogP contribution in [-0.2, 0) is 0 Å². The van der Waals surface area contributed by atoms with Crippen LogP contribution in [0.5, 0.6) is 0 Å². The lowest BCUT2D eigenvalue weighted by atomic mass is 10.1. The molecule has 0 spiro atoms. The van der Waals surface area contributed by atoms with Crippen LogP contribution in [0.2, 0.25) is 0 Å². The molecule has 12 rings (SSSR count). The molecule has 0 saturated carbocycles. The maximum Gasteiger partial charge on any atom is 0.135 e. The molecule has 4 aromatic heterocycles. The third-order valence-corrected chi connectivity index (χ3v) is 11.0. The molecule has 0 fully saturated rings. The Morgan fingerprint density at radius 3 is 1.21 bits per heavy atom. The van der Waals surface area contributed by atoms with Crippen molar-refractivity contribution in [3.63, 3.8) is 0 Å². The van der Waals surface area contributed by atoms with Crippen molar-refractivity contribution in [2.75, 3.05) is 0 Å². The van der Waals surface area contributed by atoms with E-state index >= 15 is 0 Å². The molecule has 12 aromatic rings. The molecule has 0 aliphatic heterocycles. The summed E-state index contributed by atoms with van der Waals surface area (Å²) in [6.45, 7) is 0. The molecule has 0 atom stereocenters. The maximum atomic E-state index is 6.20. The summed E-state index contributed by atoms with van der Waals surface area (Å²) in [5.74, 6) is 0. The molecule has 52 heavy (non-hydrogen) atoms. The Labute approximate surface area is 297 Å². The molecule has 4 heterocycles. The molecule has 0 saturated heterocycles. The molecule has 0 bridgehead atoms. The Morgan fingerprint density at radius 2 is 0.654 bits per heavy atom. The van der Waals surface area contributed by atoms with Crippen LogP contribution in [-0.4, -0.2) is 13.7 Å². The molecule has 0 aliphatic rings. The predicted molar refractivity (Wildman–Crippen MR) is 217 cm³/mol. The molecule has 0 N–H and O–H groups in total. The Morgan fingerprint density at radius 1 is 0.269 bits per heavy atom. The summed E-state index contributed by atoms with van der Waals surface area (Å²) in [5.41, 5.74) is 12.4. The molecule has 0 aliphatic carbocycles. The number of fused-ring (bicyclic) bond motifs is 13. The highest BCUT2D eigenvalue weighted by molar-refractivity contribution is 6.29. The zero-order chi connectivity index (χ0) is 33.9. The van der Waals surface area contributed by atoms with Crippen molar-refractivity contribution in [3.8, 4) is 17.1 Å². The zero-order valence-corrected chi connectivity index (χ0v) is 28.0. The van der Waals surface area contributed by atoms with Gasteiger partial charge in [0.1, 0.15) is 11.2 Å². The summed E-state index contributed by atoms with van der Waals surface area (Å²) in [6.07, 6.45) is 0. The number of nitrogens with zero attached hydrogens (tertiary/aromatic N) is 3. The van der Waals surface area contributed by atoms with Gasteiger partial charge >= 0.3 is 0 Å². The predicted octanol–water partition coefficient (Wildman–Crippen LogP) is 12.9. The van der Waals surface area contributed by atoms with Crippen molar-refractivity contribution in [2.24, 2.45) is 0 Å². The van der Waals surface area contributed by atoms with Gasteiger partial charge in [-0.3, -0.25) is 0 Å². The van der Waals surface area contributed by atoms with Crippen molar-refractivity contribution in [3.05, 3.63) is 176 Å². The second kappa shape index (κ2) is 10.3. The molecule has 0 unspecified atom stereocenters. The lowest BCUT2D eigenvalue weighted by Crippen LogP contribution is -1.97. The molecule has 0 amide bonds. The highest BCUT2D eigenvalue weighted by atomic mass is 16.3. The SMILES string of the molecule is c1ccc2c(c1)oc1ccc(-n3c4ccccc4c4c5c6ccccc6n(-c6ccc(-n7c8ccccc8c8ccccc87)cc6)c5ccc43)cc12. The standard InChI is InChI=1S/C48H29N3O/c1-6-16-39-33(11-1)34-12-2-7-17-40(34)49(39)30-21-23-31(24-22-30)50-41-18-8-3-14-36(41)47-43(50)26-27-44-48(47)37-15-4-9-19-42(37)51(44)32-25-28-46-38(29-32)35-13-5-10-20-45(35)52-46/h1-29H. The van der Waals surface area contributed by atoms with Crippen LogP contribution in [0.3, 0.4) is 0 Å². The van der Waals surface area contributed by atoms with E-state index in [1.54, 1.807) is 0 Å². The number of hydrogen-bond donors (Lipinski definition) is 0. The van der Waals surface area contributed by atoms with Crippen molar-refractivity contribution < 1.29 is 4.42 Å². The molecule has 0 radical (unpaired) electrons. The summed E-state index contributed by atoms with van der Waals surface area (Å²) in [4.78, 5) is 0. The van der Waals surface area contributed by atoms with E-state index in [0.29, 0.717) is 0 Å². The van der Waals surface area contributed by atoms with Crippen molar-refractivity contribution >= 4 is 87.4 Å². The third-order valence-electron chi connectivity index (χ3n) is 11.0. The quantitative estimate of drug-likeness (QED) is 0.185. The van der Waals surface area contributed by atoms with E-state index in [0.717, 1.165) is 39.0 Å². The van der Waals surface area contributed by atoms with Gasteiger partial charge in [0.2, 0.25) is 0 Å². The number of aromatic nitrogens is 3. The molecule has 242 valence electrons. The topological polar surface area (TPSA) is 27.9 Å². The van der Waals surface area contributed by atoms with Crippen LogP contribution in [0, 0.1) is 0 Å². The van der Waals surface area contributed by atoms with Crippen molar-refractivity contribution in [2.45, 2.75) is 0 Å². The summed E-state index contributed by atoms with van der Waals surface area (Å²) in [7, 11) is 0. The maximum absolute atomic E-state index is 6.20. The van der Waals surface area contributed by atoms with Gasteiger partial charge in [-0.1, -0.05) is 91.0 Å². The first-order valence-electron chi connectivity index (χ1n) is 17.8. The van der Waals surface area contributed by atoms with E-state index in [1.807, 2.05) is 12.1 Å². The van der Waals surface area contributed by atoms with Gasteiger partial charge < -0.3 is 18.1 Å². The van der Waals surface area contributed by atoms with Crippen LogP contribution < -0.4 is 0 Å². The van der Waals surface area contributed by atoms with E-state index in [4.69, 9.17) is 4.42 Å². The van der Waals surface area contributed by atoms with Crippen molar-refractivity contribution in [1.29, 1.82) is 0 Å². The van der Waals surface area contributed by atoms with E-state index < -0.39 is 0 Å². The summed E-state index contributed by atoms with van der Waals surface area (Å²) in [6, 6.07) is 63.5. The van der Waals surface area contributed by atoms with Crippen LogP contribution in [0.1, 0.15) is 0 Å². The van der Waals surface area contributed by atoms with Crippen LogP contribution in [0.25, 0.3) is 104 Å². The average Bonchev–Trinajstić information content (AvgIpc) is 3.94. The minimum Gasteiger partial charge on any atom is -0.456 e. The monoisotopic (exact) mass is 663 g/mol. The lowest BCUT2D eigenvalue weighted by molar-refractivity contribution is 0.669. The van der Waals surface area contributed by atoms with Crippen molar-refractivity contribution in [1.82, 2.24) is 13.7 Å². The Hall–Kier alpha value is -7.04. The fraction of sp³-hybridized carbons (Fsp3) is 0. The van der Waals surface area contributed by atoms with E-state index in [2.05, 4.69) is 177 Å². The zero-order valence-electron chi connectivity index (χ0n) is 28.0. The van der Waals surface area contributed by atoms with E-state index in [1.165, 1.54) is 65.4 Å². The number of furan rings is 1. The van der Waals surface area contributed by atoms with Gasteiger partial charge in [-0.25, -0.2) is 0 Å². The lowest BCUT2D eigenvalue weighted by Gasteiger charge is -2.12. The summed E-state index contributed by atoms with van der Waals surface area (Å²) >= 11 is 0. The number of benzene rings is 8.